The summed E-state index contributed by atoms with van der Waals surface area (Å²) in [5, 5.41) is 3.97. The van der Waals surface area contributed by atoms with E-state index >= 15 is 0 Å². The topological polar surface area (TPSA) is 47.6 Å². The molecule has 0 saturated heterocycles. The molecule has 0 fully saturated rings. The number of benzene rings is 2. The molecule has 0 aromatic heterocycles. The zero-order valence-electron chi connectivity index (χ0n) is 11.5. The van der Waals surface area contributed by atoms with E-state index in [1.54, 1.807) is 18.2 Å². The maximum atomic E-state index is 12.8. The highest BCUT2D eigenvalue weighted by Crippen LogP contribution is 2.35. The van der Waals surface area contributed by atoms with Gasteiger partial charge in [0.25, 0.3) is 0 Å². The third-order valence-corrected chi connectivity index (χ3v) is 3.53. The predicted molar refractivity (Wildman–Crippen MR) is 77.3 cm³/mol. The second-order valence-corrected chi connectivity index (χ2v) is 5.05. The van der Waals surface area contributed by atoms with Crippen molar-refractivity contribution in [3.05, 3.63) is 65.2 Å². The molecule has 0 radical (unpaired) electrons. The number of para-hydroxylation sites is 1. The van der Waals surface area contributed by atoms with E-state index in [9.17, 15) is 13.2 Å². The molecule has 0 saturated carbocycles. The van der Waals surface area contributed by atoms with Crippen LogP contribution in [0, 0.1) is 0 Å². The second kappa shape index (κ2) is 5.36. The number of oxime groups is 1. The summed E-state index contributed by atoms with van der Waals surface area (Å²) >= 11 is 0. The lowest BCUT2D eigenvalue weighted by molar-refractivity contribution is -0.137. The van der Waals surface area contributed by atoms with E-state index in [0.717, 1.165) is 17.7 Å². The molecule has 2 N–H and O–H groups in total. The van der Waals surface area contributed by atoms with Crippen LogP contribution >= 0.6 is 0 Å². The number of nitrogens with zero attached hydrogens (tertiary/aromatic N) is 1. The molecule has 2 aromatic carbocycles. The van der Waals surface area contributed by atoms with Gasteiger partial charge in [0.05, 0.1) is 11.3 Å². The summed E-state index contributed by atoms with van der Waals surface area (Å²) in [6.45, 7) is 0. The fraction of sp³-hybridized carbons (Fsp3) is 0.188. The maximum absolute atomic E-state index is 12.8. The number of nitrogen functional groups attached to an aromatic ring is 1. The van der Waals surface area contributed by atoms with Gasteiger partial charge >= 0.3 is 6.18 Å². The summed E-state index contributed by atoms with van der Waals surface area (Å²) in [7, 11) is 0. The van der Waals surface area contributed by atoms with Crippen molar-refractivity contribution in [3.8, 4) is 0 Å². The Labute approximate surface area is 125 Å². The van der Waals surface area contributed by atoms with E-state index in [0.29, 0.717) is 23.4 Å². The van der Waals surface area contributed by atoms with Crippen LogP contribution in [-0.2, 0) is 11.0 Å². The highest BCUT2D eigenvalue weighted by Gasteiger charge is 2.32. The summed E-state index contributed by atoms with van der Waals surface area (Å²) in [5.41, 5.74) is 7.59. The number of hydrogen-bond acceptors (Lipinski definition) is 3. The van der Waals surface area contributed by atoms with Crippen molar-refractivity contribution >= 4 is 11.4 Å². The lowest BCUT2D eigenvalue weighted by Gasteiger charge is -2.12. The standard InChI is InChI=1S/C16H13F3N2O/c17-16(18,19)11-5-3-4-10(8-11)15-9-14(21-22-15)12-6-1-2-7-13(12)20/h1-8,15H,9,20H2. The first-order chi connectivity index (χ1) is 10.4. The highest BCUT2D eigenvalue weighted by atomic mass is 19.4. The molecule has 1 atom stereocenters. The highest BCUT2D eigenvalue weighted by molar-refractivity contribution is 6.05. The Morgan fingerprint density at radius 1 is 1.09 bits per heavy atom. The molecular weight excluding hydrogens is 293 g/mol. The molecule has 2 aromatic rings. The molecule has 3 rings (SSSR count). The summed E-state index contributed by atoms with van der Waals surface area (Å²) in [6.07, 6.45) is -4.52. The number of halogens is 3. The minimum Gasteiger partial charge on any atom is -0.398 e. The van der Waals surface area contributed by atoms with Gasteiger partial charge in [0, 0.05) is 17.7 Å². The smallest absolute Gasteiger partial charge is 0.398 e. The minimum absolute atomic E-state index is 0.384. The largest absolute Gasteiger partial charge is 0.416 e. The van der Waals surface area contributed by atoms with E-state index in [4.69, 9.17) is 10.6 Å². The molecule has 114 valence electrons. The van der Waals surface area contributed by atoms with Crippen molar-refractivity contribution < 1.29 is 18.0 Å². The zero-order chi connectivity index (χ0) is 15.7. The van der Waals surface area contributed by atoms with Crippen molar-refractivity contribution in [1.82, 2.24) is 0 Å². The molecule has 6 heteroatoms. The molecule has 22 heavy (non-hydrogen) atoms. The van der Waals surface area contributed by atoms with E-state index < -0.39 is 17.8 Å². The zero-order valence-corrected chi connectivity index (χ0v) is 11.5. The van der Waals surface area contributed by atoms with Crippen molar-refractivity contribution in [1.29, 1.82) is 0 Å². The van der Waals surface area contributed by atoms with E-state index in [1.165, 1.54) is 6.07 Å². The van der Waals surface area contributed by atoms with Gasteiger partial charge in [0.1, 0.15) is 0 Å². The van der Waals surface area contributed by atoms with Crippen molar-refractivity contribution in [2.45, 2.75) is 18.7 Å². The monoisotopic (exact) mass is 306 g/mol. The Bertz CT molecular complexity index is 725. The van der Waals surface area contributed by atoms with Gasteiger partial charge in [-0.2, -0.15) is 13.2 Å². The summed E-state index contributed by atoms with van der Waals surface area (Å²) < 4.78 is 38.3. The average molecular weight is 306 g/mol. The van der Waals surface area contributed by atoms with Gasteiger partial charge < -0.3 is 10.6 Å². The van der Waals surface area contributed by atoms with Crippen molar-refractivity contribution in [2.75, 3.05) is 5.73 Å². The summed E-state index contributed by atoms with van der Waals surface area (Å²) in [5.74, 6) is 0. The molecular formula is C16H13F3N2O. The van der Waals surface area contributed by atoms with Crippen molar-refractivity contribution in [2.24, 2.45) is 5.16 Å². The van der Waals surface area contributed by atoms with E-state index in [1.807, 2.05) is 12.1 Å². The first kappa shape index (κ1) is 14.4. The van der Waals surface area contributed by atoms with Gasteiger partial charge in [-0.15, -0.1) is 0 Å². The lowest BCUT2D eigenvalue weighted by atomic mass is 9.98. The fourth-order valence-electron chi connectivity index (χ4n) is 2.39. The number of hydrogen-bond donors (Lipinski definition) is 1. The first-order valence-electron chi connectivity index (χ1n) is 6.70. The average Bonchev–Trinajstić information content (AvgIpc) is 2.97. The summed E-state index contributed by atoms with van der Waals surface area (Å²) in [4.78, 5) is 5.29. The normalized spacial score (nSPS) is 18.0. The second-order valence-electron chi connectivity index (χ2n) is 5.05. The van der Waals surface area contributed by atoms with Crippen LogP contribution in [0.5, 0.6) is 0 Å². The van der Waals surface area contributed by atoms with Crippen LogP contribution in [0.1, 0.15) is 29.2 Å². The number of anilines is 1. The first-order valence-corrected chi connectivity index (χ1v) is 6.70. The molecule has 1 aliphatic heterocycles. The van der Waals surface area contributed by atoms with Gasteiger partial charge in [0.15, 0.2) is 6.10 Å². The van der Waals surface area contributed by atoms with E-state index in [-0.39, 0.29) is 0 Å². The quantitative estimate of drug-likeness (QED) is 0.847. The molecule has 1 unspecified atom stereocenters. The Kier molecular flexibility index (Phi) is 3.52. The Hall–Kier alpha value is -2.50. The lowest BCUT2D eigenvalue weighted by Crippen LogP contribution is -2.08. The SMILES string of the molecule is Nc1ccccc1C1=NOC(c2cccc(C(F)(F)F)c2)C1. The van der Waals surface area contributed by atoms with E-state index in [2.05, 4.69) is 5.16 Å². The van der Waals surface area contributed by atoms with Crippen LogP contribution in [0.25, 0.3) is 0 Å². The molecule has 1 aliphatic rings. The Morgan fingerprint density at radius 3 is 2.59 bits per heavy atom. The molecule has 0 spiro atoms. The van der Waals surface area contributed by atoms with Crippen LogP contribution in [0.4, 0.5) is 18.9 Å². The Morgan fingerprint density at radius 2 is 1.86 bits per heavy atom. The number of rotatable bonds is 2. The van der Waals surface area contributed by atoms with Crippen LogP contribution < -0.4 is 5.73 Å². The summed E-state index contributed by atoms with van der Waals surface area (Å²) in [6, 6.07) is 12.3. The van der Waals surface area contributed by atoms with Gasteiger partial charge in [-0.1, -0.05) is 35.5 Å². The molecule has 0 amide bonds. The van der Waals surface area contributed by atoms with Gasteiger partial charge in [0.2, 0.25) is 0 Å². The Balaban J connectivity index is 1.82. The van der Waals surface area contributed by atoms with Crippen LogP contribution in [0.2, 0.25) is 0 Å². The minimum atomic E-state index is -4.37. The molecule has 3 nitrogen and oxygen atoms in total. The van der Waals surface area contributed by atoms with Crippen LogP contribution in [0.15, 0.2) is 53.7 Å². The van der Waals surface area contributed by atoms with Gasteiger partial charge in [-0.3, -0.25) is 0 Å². The third-order valence-electron chi connectivity index (χ3n) is 3.53. The molecule has 1 heterocycles. The number of alkyl halides is 3. The molecule has 0 aliphatic carbocycles. The third kappa shape index (κ3) is 2.77. The predicted octanol–water partition coefficient (Wildman–Crippen LogP) is 4.15. The van der Waals surface area contributed by atoms with Crippen LogP contribution in [-0.4, -0.2) is 5.71 Å². The maximum Gasteiger partial charge on any atom is 0.416 e. The molecule has 0 bridgehead atoms. The van der Waals surface area contributed by atoms with Crippen LogP contribution in [0.3, 0.4) is 0 Å². The van der Waals surface area contributed by atoms with Gasteiger partial charge in [-0.25, -0.2) is 0 Å². The van der Waals surface area contributed by atoms with Crippen molar-refractivity contribution in [3.63, 3.8) is 0 Å². The number of nitrogens with two attached hydrogens (primary N) is 1. The fourth-order valence-corrected chi connectivity index (χ4v) is 2.39. The van der Waals surface area contributed by atoms with Gasteiger partial charge in [-0.05, 0) is 23.8 Å².